The number of amidine groups is 1. The Labute approximate surface area is 123 Å². The van der Waals surface area contributed by atoms with Crippen LogP contribution >= 0.6 is 0 Å². The second-order valence-corrected chi connectivity index (χ2v) is 5.35. The minimum atomic E-state index is -0.0277. The topological polar surface area (TPSA) is 79.5 Å². The number of hydrogen-bond acceptors (Lipinski definition) is 4. The van der Waals surface area contributed by atoms with E-state index in [1.165, 1.54) is 0 Å². The van der Waals surface area contributed by atoms with Gasteiger partial charge in [-0.3, -0.25) is 4.79 Å². The standard InChI is InChI=1S/C16H18N4O/c1-10-4-2-3-5-11(10)8-15(21)18-12-6-7-14-13(9-12)16(17)20-19-14/h2-7,9,13-14,19H,8H2,1H3,(H2,17,20)(H,18,21). The van der Waals surface area contributed by atoms with Gasteiger partial charge < -0.3 is 16.5 Å². The van der Waals surface area contributed by atoms with Crippen molar-refractivity contribution in [3.63, 3.8) is 0 Å². The molecule has 0 aromatic heterocycles. The fourth-order valence-electron chi connectivity index (χ4n) is 2.57. The molecule has 1 aromatic rings. The minimum Gasteiger partial charge on any atom is -0.385 e. The van der Waals surface area contributed by atoms with Gasteiger partial charge in [-0.1, -0.05) is 30.3 Å². The van der Waals surface area contributed by atoms with Gasteiger partial charge >= 0.3 is 0 Å². The summed E-state index contributed by atoms with van der Waals surface area (Å²) in [6, 6.07) is 8.00. The van der Waals surface area contributed by atoms with Crippen LogP contribution in [0.3, 0.4) is 0 Å². The molecule has 4 N–H and O–H groups in total. The number of aryl methyl sites for hydroxylation is 1. The molecule has 0 radical (unpaired) electrons. The van der Waals surface area contributed by atoms with Crippen LogP contribution in [0.15, 0.2) is 53.3 Å². The van der Waals surface area contributed by atoms with E-state index < -0.39 is 0 Å². The molecule has 1 aliphatic heterocycles. The van der Waals surface area contributed by atoms with Crippen LogP contribution in [0.2, 0.25) is 0 Å². The minimum absolute atomic E-state index is 0.0174. The van der Waals surface area contributed by atoms with Crippen LogP contribution < -0.4 is 16.5 Å². The molecule has 0 fully saturated rings. The first-order valence-electron chi connectivity index (χ1n) is 6.96. The Morgan fingerprint density at radius 3 is 3.05 bits per heavy atom. The summed E-state index contributed by atoms with van der Waals surface area (Å²) in [7, 11) is 0. The van der Waals surface area contributed by atoms with Crippen molar-refractivity contribution in [3.05, 3.63) is 59.3 Å². The molecule has 1 aliphatic carbocycles. The summed E-state index contributed by atoms with van der Waals surface area (Å²) in [6.45, 7) is 2.01. The zero-order valence-electron chi connectivity index (χ0n) is 11.8. The summed E-state index contributed by atoms with van der Waals surface area (Å²) >= 11 is 0. The van der Waals surface area contributed by atoms with Crippen molar-refractivity contribution in [2.75, 3.05) is 0 Å². The van der Waals surface area contributed by atoms with Gasteiger partial charge in [0.25, 0.3) is 0 Å². The number of rotatable bonds is 3. The van der Waals surface area contributed by atoms with E-state index in [2.05, 4.69) is 15.8 Å². The summed E-state index contributed by atoms with van der Waals surface area (Å²) in [5.74, 6) is 0.541. The van der Waals surface area contributed by atoms with E-state index in [1.54, 1.807) is 0 Å². The van der Waals surface area contributed by atoms with E-state index in [4.69, 9.17) is 5.73 Å². The quantitative estimate of drug-likeness (QED) is 0.773. The summed E-state index contributed by atoms with van der Waals surface area (Å²) < 4.78 is 0. The van der Waals surface area contributed by atoms with Crippen LogP contribution in [0.4, 0.5) is 0 Å². The van der Waals surface area contributed by atoms with Crippen molar-refractivity contribution in [1.29, 1.82) is 0 Å². The summed E-state index contributed by atoms with van der Waals surface area (Å²) in [5.41, 5.74) is 11.7. The molecule has 0 saturated heterocycles. The average Bonchev–Trinajstić information content (AvgIpc) is 2.83. The monoisotopic (exact) mass is 282 g/mol. The SMILES string of the molecule is Cc1ccccc1CC(=O)NC1=CC2C(N)=NNC2C=C1. The van der Waals surface area contributed by atoms with E-state index in [0.29, 0.717) is 12.3 Å². The predicted octanol–water partition coefficient (Wildman–Crippen LogP) is 0.968. The van der Waals surface area contributed by atoms with Crippen LogP contribution in [0, 0.1) is 12.8 Å². The van der Waals surface area contributed by atoms with E-state index in [-0.39, 0.29) is 17.9 Å². The number of nitrogens with one attached hydrogen (secondary N) is 2. The molecule has 21 heavy (non-hydrogen) atoms. The average molecular weight is 282 g/mol. The van der Waals surface area contributed by atoms with Crippen LogP contribution in [0.5, 0.6) is 0 Å². The molecule has 3 rings (SSSR count). The molecule has 1 amide bonds. The van der Waals surface area contributed by atoms with Gasteiger partial charge in [0.2, 0.25) is 5.91 Å². The highest BCUT2D eigenvalue weighted by molar-refractivity contribution is 5.88. The third kappa shape index (κ3) is 2.81. The van der Waals surface area contributed by atoms with Gasteiger partial charge in [-0.05, 0) is 30.2 Å². The molecule has 2 aliphatic rings. The molecule has 5 nitrogen and oxygen atoms in total. The fraction of sp³-hybridized carbons (Fsp3) is 0.250. The van der Waals surface area contributed by atoms with Crippen molar-refractivity contribution < 1.29 is 4.79 Å². The molecule has 0 saturated carbocycles. The number of nitrogens with zero attached hydrogens (tertiary/aromatic N) is 1. The van der Waals surface area contributed by atoms with Gasteiger partial charge in [0.05, 0.1) is 18.4 Å². The molecular weight excluding hydrogens is 264 g/mol. The lowest BCUT2D eigenvalue weighted by atomic mass is 9.94. The summed E-state index contributed by atoms with van der Waals surface area (Å²) in [4.78, 5) is 12.1. The third-order valence-electron chi connectivity index (χ3n) is 3.81. The Bertz CT molecular complexity index is 660. The molecule has 0 bridgehead atoms. The van der Waals surface area contributed by atoms with Crippen LogP contribution in [0.1, 0.15) is 11.1 Å². The number of carbonyl (C=O) groups excluding carboxylic acids is 1. The first-order valence-corrected chi connectivity index (χ1v) is 6.96. The molecule has 108 valence electrons. The summed E-state index contributed by atoms with van der Waals surface area (Å²) in [6.07, 6.45) is 6.17. The zero-order chi connectivity index (χ0) is 14.8. The fourth-order valence-corrected chi connectivity index (χ4v) is 2.57. The lowest BCUT2D eigenvalue weighted by molar-refractivity contribution is -0.119. The number of hydrazone groups is 1. The number of hydrogen-bond donors (Lipinski definition) is 3. The van der Waals surface area contributed by atoms with Crippen molar-refractivity contribution in [2.24, 2.45) is 16.8 Å². The Balaban J connectivity index is 1.66. The molecular formula is C16H18N4O. The highest BCUT2D eigenvalue weighted by Crippen LogP contribution is 2.20. The smallest absolute Gasteiger partial charge is 0.228 e. The molecule has 1 heterocycles. The lowest BCUT2D eigenvalue weighted by Gasteiger charge is -2.19. The number of nitrogens with two attached hydrogens (primary N) is 1. The van der Waals surface area contributed by atoms with Crippen LogP contribution in [-0.4, -0.2) is 17.8 Å². The maximum Gasteiger partial charge on any atom is 0.228 e. The predicted molar refractivity (Wildman–Crippen MR) is 82.3 cm³/mol. The van der Waals surface area contributed by atoms with Gasteiger partial charge in [0.15, 0.2) is 0 Å². The van der Waals surface area contributed by atoms with Gasteiger partial charge in [0, 0.05) is 5.70 Å². The number of allylic oxidation sites excluding steroid dienone is 1. The van der Waals surface area contributed by atoms with Gasteiger partial charge in [-0.25, -0.2) is 0 Å². The van der Waals surface area contributed by atoms with Gasteiger partial charge in [-0.15, -0.1) is 0 Å². The van der Waals surface area contributed by atoms with E-state index in [0.717, 1.165) is 16.8 Å². The zero-order valence-corrected chi connectivity index (χ0v) is 11.8. The molecule has 2 atom stereocenters. The van der Waals surface area contributed by atoms with Crippen molar-refractivity contribution in [2.45, 2.75) is 19.4 Å². The van der Waals surface area contributed by atoms with E-state index in [1.807, 2.05) is 49.4 Å². The van der Waals surface area contributed by atoms with Crippen molar-refractivity contribution >= 4 is 11.7 Å². The number of amides is 1. The Morgan fingerprint density at radius 1 is 1.43 bits per heavy atom. The Morgan fingerprint density at radius 2 is 2.24 bits per heavy atom. The molecule has 5 heteroatoms. The lowest BCUT2D eigenvalue weighted by Crippen LogP contribution is -2.34. The normalized spacial score (nSPS) is 22.9. The Kier molecular flexibility index (Phi) is 3.48. The third-order valence-corrected chi connectivity index (χ3v) is 3.81. The first kappa shape index (κ1) is 13.4. The maximum absolute atomic E-state index is 12.1. The van der Waals surface area contributed by atoms with Gasteiger partial charge in [0.1, 0.15) is 5.84 Å². The first-order chi connectivity index (χ1) is 10.1. The second-order valence-electron chi connectivity index (χ2n) is 5.35. The van der Waals surface area contributed by atoms with Crippen LogP contribution in [0.25, 0.3) is 0 Å². The molecule has 0 spiro atoms. The van der Waals surface area contributed by atoms with Crippen LogP contribution in [-0.2, 0) is 11.2 Å². The number of fused-ring (bicyclic) bond motifs is 1. The molecule has 1 aromatic carbocycles. The Hall–Kier alpha value is -2.56. The van der Waals surface area contributed by atoms with Crippen molar-refractivity contribution in [3.8, 4) is 0 Å². The maximum atomic E-state index is 12.1. The number of carbonyl (C=O) groups is 1. The van der Waals surface area contributed by atoms with E-state index >= 15 is 0 Å². The van der Waals surface area contributed by atoms with Gasteiger partial charge in [-0.2, -0.15) is 5.10 Å². The molecule has 2 unspecified atom stereocenters. The highest BCUT2D eigenvalue weighted by Gasteiger charge is 2.29. The van der Waals surface area contributed by atoms with E-state index in [9.17, 15) is 4.79 Å². The summed E-state index contributed by atoms with van der Waals surface area (Å²) in [5, 5.41) is 6.93. The number of benzene rings is 1. The largest absolute Gasteiger partial charge is 0.385 e. The highest BCUT2D eigenvalue weighted by atomic mass is 16.1. The second kappa shape index (κ2) is 5.44. The van der Waals surface area contributed by atoms with Crippen molar-refractivity contribution in [1.82, 2.24) is 10.7 Å².